The van der Waals surface area contributed by atoms with Crippen molar-refractivity contribution < 1.29 is 14.3 Å². The zero-order valence-electron chi connectivity index (χ0n) is 15.9. The normalized spacial score (nSPS) is 10.2. The number of benzene rings is 2. The number of aromatic nitrogens is 1. The molecule has 0 fully saturated rings. The van der Waals surface area contributed by atoms with Crippen molar-refractivity contribution in [3.63, 3.8) is 0 Å². The minimum absolute atomic E-state index is 0.273. The van der Waals surface area contributed by atoms with Gasteiger partial charge < -0.3 is 15.4 Å². The molecule has 0 saturated heterocycles. The molecule has 0 aliphatic carbocycles. The lowest BCUT2D eigenvalue weighted by atomic mass is 10.1. The van der Waals surface area contributed by atoms with E-state index in [0.717, 1.165) is 16.9 Å². The maximum atomic E-state index is 12.4. The van der Waals surface area contributed by atoms with Gasteiger partial charge in [-0.3, -0.25) is 4.79 Å². The lowest BCUT2D eigenvalue weighted by Crippen LogP contribution is -2.14. The second-order valence-corrected chi connectivity index (χ2v) is 6.33. The first-order valence-electron chi connectivity index (χ1n) is 8.77. The number of nitrogens with zero attached hydrogens (tertiary/aromatic N) is 1. The Morgan fingerprint density at radius 3 is 2.46 bits per heavy atom. The molecule has 0 spiro atoms. The SMILES string of the molecule is COC(=O)c1cccc(NC(=O)c2ccc(Nc3cccc(C)c3C)cn2)c1. The Kier molecular flexibility index (Phi) is 5.69. The molecule has 3 rings (SSSR count). The highest BCUT2D eigenvalue weighted by molar-refractivity contribution is 6.03. The Morgan fingerprint density at radius 2 is 1.75 bits per heavy atom. The minimum Gasteiger partial charge on any atom is -0.465 e. The largest absolute Gasteiger partial charge is 0.465 e. The van der Waals surface area contributed by atoms with Crippen molar-refractivity contribution >= 4 is 28.9 Å². The fourth-order valence-corrected chi connectivity index (χ4v) is 2.68. The number of anilines is 3. The summed E-state index contributed by atoms with van der Waals surface area (Å²) in [6.07, 6.45) is 1.61. The molecule has 0 aliphatic heterocycles. The van der Waals surface area contributed by atoms with Crippen molar-refractivity contribution in [1.29, 1.82) is 0 Å². The van der Waals surface area contributed by atoms with E-state index in [2.05, 4.69) is 40.3 Å². The van der Waals surface area contributed by atoms with Crippen molar-refractivity contribution in [2.24, 2.45) is 0 Å². The van der Waals surface area contributed by atoms with Crippen molar-refractivity contribution in [1.82, 2.24) is 4.98 Å². The summed E-state index contributed by atoms with van der Waals surface area (Å²) in [6.45, 7) is 4.11. The topological polar surface area (TPSA) is 80.3 Å². The number of methoxy groups -OCH3 is 1. The van der Waals surface area contributed by atoms with Crippen molar-refractivity contribution in [2.75, 3.05) is 17.7 Å². The molecule has 1 heterocycles. The molecule has 0 unspecified atom stereocenters. The fourth-order valence-electron chi connectivity index (χ4n) is 2.68. The van der Waals surface area contributed by atoms with Gasteiger partial charge in [0.1, 0.15) is 5.69 Å². The van der Waals surface area contributed by atoms with Crippen LogP contribution in [-0.2, 0) is 4.74 Å². The van der Waals surface area contributed by atoms with Crippen molar-refractivity contribution in [3.05, 3.63) is 83.2 Å². The van der Waals surface area contributed by atoms with Crippen LogP contribution in [0, 0.1) is 13.8 Å². The van der Waals surface area contributed by atoms with Crippen LogP contribution in [0.25, 0.3) is 0 Å². The average Bonchev–Trinajstić information content (AvgIpc) is 2.71. The van der Waals surface area contributed by atoms with Crippen LogP contribution in [0.2, 0.25) is 0 Å². The fraction of sp³-hybridized carbons (Fsp3) is 0.136. The van der Waals surface area contributed by atoms with Gasteiger partial charge in [0.25, 0.3) is 5.91 Å². The third kappa shape index (κ3) is 4.35. The van der Waals surface area contributed by atoms with E-state index in [9.17, 15) is 9.59 Å². The summed E-state index contributed by atoms with van der Waals surface area (Å²) >= 11 is 0. The molecule has 2 N–H and O–H groups in total. The zero-order valence-corrected chi connectivity index (χ0v) is 15.9. The quantitative estimate of drug-likeness (QED) is 0.643. The van der Waals surface area contributed by atoms with E-state index >= 15 is 0 Å². The second-order valence-electron chi connectivity index (χ2n) is 6.33. The minimum atomic E-state index is -0.462. The molecule has 1 amide bonds. The Morgan fingerprint density at radius 1 is 0.964 bits per heavy atom. The monoisotopic (exact) mass is 375 g/mol. The average molecular weight is 375 g/mol. The van der Waals surface area contributed by atoms with E-state index in [1.54, 1.807) is 42.6 Å². The number of carbonyl (C=O) groups excluding carboxylic acids is 2. The van der Waals surface area contributed by atoms with Gasteiger partial charge in [0.2, 0.25) is 0 Å². The van der Waals surface area contributed by atoms with Gasteiger partial charge in [-0.1, -0.05) is 18.2 Å². The lowest BCUT2D eigenvalue weighted by Gasteiger charge is -2.11. The van der Waals surface area contributed by atoms with Gasteiger partial charge in [0, 0.05) is 11.4 Å². The first-order chi connectivity index (χ1) is 13.5. The summed E-state index contributed by atoms with van der Waals surface area (Å²) in [7, 11) is 1.31. The predicted octanol–water partition coefficient (Wildman–Crippen LogP) is 4.48. The summed E-state index contributed by atoms with van der Waals surface area (Å²) < 4.78 is 4.69. The summed E-state index contributed by atoms with van der Waals surface area (Å²) in [4.78, 5) is 28.3. The first-order valence-corrected chi connectivity index (χ1v) is 8.77. The number of aryl methyl sites for hydroxylation is 1. The molecule has 1 aromatic heterocycles. The van der Waals surface area contributed by atoms with E-state index in [1.165, 1.54) is 12.7 Å². The number of amides is 1. The summed E-state index contributed by atoms with van der Waals surface area (Å²) in [5.41, 5.74) is 5.28. The number of rotatable bonds is 5. The third-order valence-corrected chi connectivity index (χ3v) is 4.42. The maximum Gasteiger partial charge on any atom is 0.337 e. The van der Waals surface area contributed by atoms with Gasteiger partial charge >= 0.3 is 5.97 Å². The first kappa shape index (κ1) is 19.1. The number of pyridine rings is 1. The number of hydrogen-bond acceptors (Lipinski definition) is 5. The highest BCUT2D eigenvalue weighted by atomic mass is 16.5. The molecule has 142 valence electrons. The van der Waals surface area contributed by atoms with Crippen molar-refractivity contribution in [2.45, 2.75) is 13.8 Å². The van der Waals surface area contributed by atoms with Gasteiger partial charge in [0.05, 0.1) is 24.6 Å². The van der Waals surface area contributed by atoms with Crippen LogP contribution in [0.15, 0.2) is 60.8 Å². The highest BCUT2D eigenvalue weighted by Gasteiger charge is 2.11. The van der Waals surface area contributed by atoms with E-state index < -0.39 is 5.97 Å². The number of nitrogens with one attached hydrogen (secondary N) is 2. The number of ether oxygens (including phenoxy) is 1. The summed E-state index contributed by atoms with van der Waals surface area (Å²) in [6, 6.07) is 16.0. The maximum absolute atomic E-state index is 12.4. The van der Waals surface area contributed by atoms with Crippen molar-refractivity contribution in [3.8, 4) is 0 Å². The third-order valence-electron chi connectivity index (χ3n) is 4.42. The smallest absolute Gasteiger partial charge is 0.337 e. The molecule has 0 saturated carbocycles. The Balaban J connectivity index is 1.70. The van der Waals surface area contributed by atoms with E-state index in [4.69, 9.17) is 0 Å². The Labute approximate surface area is 163 Å². The molecular formula is C22H21N3O3. The molecule has 6 nitrogen and oxygen atoms in total. The lowest BCUT2D eigenvalue weighted by molar-refractivity contribution is 0.0600. The standard InChI is InChI=1S/C22H21N3O3/c1-14-6-4-9-19(15(14)2)24-18-10-11-20(23-13-18)21(26)25-17-8-5-7-16(12-17)22(27)28-3/h4-13,24H,1-3H3,(H,25,26). The van der Waals surface area contributed by atoms with Crippen LogP contribution < -0.4 is 10.6 Å². The Hall–Kier alpha value is -3.67. The van der Waals surface area contributed by atoms with Gasteiger partial charge in [-0.05, 0) is 61.4 Å². The molecular weight excluding hydrogens is 354 g/mol. The molecule has 0 radical (unpaired) electrons. The summed E-state index contributed by atoms with van der Waals surface area (Å²) in [5, 5.41) is 6.04. The van der Waals surface area contributed by atoms with Crippen LogP contribution >= 0.6 is 0 Å². The van der Waals surface area contributed by atoms with Gasteiger partial charge in [-0.25, -0.2) is 9.78 Å². The molecule has 2 aromatic carbocycles. The van der Waals surface area contributed by atoms with E-state index in [0.29, 0.717) is 11.3 Å². The van der Waals surface area contributed by atoms with Gasteiger partial charge in [-0.15, -0.1) is 0 Å². The van der Waals surface area contributed by atoms with Crippen LogP contribution in [0.5, 0.6) is 0 Å². The highest BCUT2D eigenvalue weighted by Crippen LogP contribution is 2.22. The van der Waals surface area contributed by atoms with Crippen LogP contribution in [0.3, 0.4) is 0 Å². The van der Waals surface area contributed by atoms with E-state index in [1.807, 2.05) is 12.1 Å². The molecule has 28 heavy (non-hydrogen) atoms. The van der Waals surface area contributed by atoms with Crippen LogP contribution in [0.1, 0.15) is 32.0 Å². The molecule has 0 aliphatic rings. The molecule has 0 bridgehead atoms. The van der Waals surface area contributed by atoms with Crippen LogP contribution in [0.4, 0.5) is 17.1 Å². The van der Waals surface area contributed by atoms with Crippen LogP contribution in [-0.4, -0.2) is 24.0 Å². The van der Waals surface area contributed by atoms with E-state index in [-0.39, 0.29) is 11.6 Å². The Bertz CT molecular complexity index is 1010. The molecule has 3 aromatic rings. The zero-order chi connectivity index (χ0) is 20.1. The number of esters is 1. The molecule has 0 atom stereocenters. The number of hydrogen-bond donors (Lipinski definition) is 2. The second kappa shape index (κ2) is 8.35. The van der Waals surface area contributed by atoms with Gasteiger partial charge in [0.15, 0.2) is 0 Å². The van der Waals surface area contributed by atoms with Gasteiger partial charge in [-0.2, -0.15) is 0 Å². The number of carbonyl (C=O) groups is 2. The molecule has 6 heteroatoms. The predicted molar refractivity (Wildman–Crippen MR) is 109 cm³/mol. The summed E-state index contributed by atoms with van der Waals surface area (Å²) in [5.74, 6) is -0.823.